The molecule has 0 aliphatic heterocycles. The molecule has 2 rings (SSSR count). The van der Waals surface area contributed by atoms with E-state index in [1.165, 1.54) is 14.0 Å². The third-order valence-corrected chi connectivity index (χ3v) is 5.30. The summed E-state index contributed by atoms with van der Waals surface area (Å²) in [6.07, 6.45) is -4.63. The molecule has 1 heterocycles. The van der Waals surface area contributed by atoms with Gasteiger partial charge in [0.2, 0.25) is 0 Å². The molecule has 2 aromatic rings. The van der Waals surface area contributed by atoms with Crippen molar-refractivity contribution in [1.82, 2.24) is 9.78 Å². The molecule has 0 amide bonds. The fraction of sp³-hybridized carbons (Fsp3) is 0.250. The fourth-order valence-corrected chi connectivity index (χ4v) is 3.94. The summed E-state index contributed by atoms with van der Waals surface area (Å²) in [5, 5.41) is 3.50. The van der Waals surface area contributed by atoms with E-state index in [2.05, 4.69) is 5.10 Å². The van der Waals surface area contributed by atoms with Crippen LogP contribution < -0.4 is 4.72 Å². The van der Waals surface area contributed by atoms with Crippen molar-refractivity contribution in [2.75, 3.05) is 4.72 Å². The van der Waals surface area contributed by atoms with Crippen LogP contribution in [-0.4, -0.2) is 18.2 Å². The van der Waals surface area contributed by atoms with Gasteiger partial charge < -0.3 is 0 Å². The molecule has 11 heteroatoms. The second-order valence-electron chi connectivity index (χ2n) is 4.63. The molecule has 0 saturated heterocycles. The van der Waals surface area contributed by atoms with Gasteiger partial charge in [0.25, 0.3) is 10.0 Å². The topological polar surface area (TPSA) is 64.0 Å². The predicted molar refractivity (Wildman–Crippen MR) is 80.2 cm³/mol. The van der Waals surface area contributed by atoms with Gasteiger partial charge in [-0.2, -0.15) is 18.3 Å². The maximum atomic E-state index is 12.7. The van der Waals surface area contributed by atoms with Crippen molar-refractivity contribution in [3.05, 3.63) is 39.6 Å². The molecular formula is C12H10Cl2F3N3O2S. The van der Waals surface area contributed by atoms with Crippen molar-refractivity contribution < 1.29 is 21.6 Å². The van der Waals surface area contributed by atoms with Crippen LogP contribution in [0.4, 0.5) is 18.9 Å². The molecular weight excluding hydrogens is 378 g/mol. The molecule has 0 fully saturated rings. The lowest BCUT2D eigenvalue weighted by Crippen LogP contribution is -2.15. The zero-order chi connectivity index (χ0) is 17.6. The number of benzene rings is 1. The summed E-state index contributed by atoms with van der Waals surface area (Å²) in [7, 11) is -2.82. The Morgan fingerprint density at radius 2 is 1.87 bits per heavy atom. The van der Waals surface area contributed by atoms with Crippen molar-refractivity contribution in [3.8, 4) is 0 Å². The van der Waals surface area contributed by atoms with Crippen LogP contribution in [0.3, 0.4) is 0 Å². The normalized spacial score (nSPS) is 12.5. The number of nitrogens with one attached hydrogen (secondary N) is 1. The first-order valence-electron chi connectivity index (χ1n) is 6.02. The summed E-state index contributed by atoms with van der Waals surface area (Å²) in [6, 6.07) is 2.32. The highest BCUT2D eigenvalue weighted by Crippen LogP contribution is 2.35. The minimum Gasteiger partial charge on any atom is -0.278 e. The number of aromatic nitrogens is 2. The van der Waals surface area contributed by atoms with Gasteiger partial charge in [-0.3, -0.25) is 9.40 Å². The highest BCUT2D eigenvalue weighted by atomic mass is 35.5. The minimum absolute atomic E-state index is 0.105. The molecule has 0 saturated carbocycles. The van der Waals surface area contributed by atoms with Crippen LogP contribution in [0.2, 0.25) is 10.2 Å². The molecule has 5 nitrogen and oxygen atoms in total. The van der Waals surface area contributed by atoms with Crippen LogP contribution >= 0.6 is 23.2 Å². The Morgan fingerprint density at radius 3 is 2.35 bits per heavy atom. The van der Waals surface area contributed by atoms with Crippen molar-refractivity contribution >= 4 is 38.9 Å². The molecule has 0 radical (unpaired) electrons. The summed E-state index contributed by atoms with van der Waals surface area (Å²) in [5.41, 5.74) is -1.33. The fourth-order valence-electron chi connectivity index (χ4n) is 1.89. The predicted octanol–water partition coefficient (Wildman–Crippen LogP) is 3.85. The van der Waals surface area contributed by atoms with Crippen molar-refractivity contribution in [2.45, 2.75) is 18.0 Å². The van der Waals surface area contributed by atoms with E-state index in [-0.39, 0.29) is 20.8 Å². The lowest BCUT2D eigenvalue weighted by molar-refractivity contribution is -0.137. The van der Waals surface area contributed by atoms with Crippen LogP contribution in [0.25, 0.3) is 0 Å². The van der Waals surface area contributed by atoms with E-state index in [1.807, 2.05) is 4.72 Å². The Kier molecular flexibility index (Phi) is 4.57. The number of sulfonamides is 1. The maximum Gasteiger partial charge on any atom is 0.416 e. The van der Waals surface area contributed by atoms with E-state index < -0.39 is 27.5 Å². The smallest absolute Gasteiger partial charge is 0.278 e. The molecule has 126 valence electrons. The van der Waals surface area contributed by atoms with Gasteiger partial charge >= 0.3 is 6.18 Å². The van der Waals surface area contributed by atoms with Crippen LogP contribution in [0.15, 0.2) is 23.1 Å². The SMILES string of the molecule is Cc1nn(C)c(Cl)c1S(=O)(=O)Nc1cc(C(F)(F)F)ccc1Cl. The molecule has 0 unspecified atom stereocenters. The van der Waals surface area contributed by atoms with Crippen LogP contribution in [0.5, 0.6) is 0 Å². The molecule has 1 N–H and O–H groups in total. The molecule has 0 bridgehead atoms. The van der Waals surface area contributed by atoms with Gasteiger partial charge in [0.05, 0.1) is 22.0 Å². The Labute approximate surface area is 140 Å². The van der Waals surface area contributed by atoms with Crippen molar-refractivity contribution in [1.29, 1.82) is 0 Å². The van der Waals surface area contributed by atoms with Crippen LogP contribution in [-0.2, 0) is 23.2 Å². The maximum absolute atomic E-state index is 12.7. The van der Waals surface area contributed by atoms with E-state index in [1.54, 1.807) is 0 Å². The number of anilines is 1. The Balaban J connectivity index is 2.49. The highest BCUT2D eigenvalue weighted by Gasteiger charge is 2.32. The summed E-state index contributed by atoms with van der Waals surface area (Å²) < 4.78 is 66.1. The molecule has 0 spiro atoms. The van der Waals surface area contributed by atoms with E-state index in [9.17, 15) is 21.6 Å². The first-order valence-corrected chi connectivity index (χ1v) is 8.26. The average Bonchev–Trinajstić information content (AvgIpc) is 2.64. The summed E-state index contributed by atoms with van der Waals surface area (Å²) in [4.78, 5) is -0.324. The van der Waals surface area contributed by atoms with Crippen molar-refractivity contribution in [2.24, 2.45) is 7.05 Å². The summed E-state index contributed by atoms with van der Waals surface area (Å²) >= 11 is 11.7. The number of rotatable bonds is 3. The number of halogens is 5. The van der Waals surface area contributed by atoms with Gasteiger partial charge in [0.15, 0.2) is 0 Å². The third-order valence-electron chi connectivity index (χ3n) is 2.91. The van der Waals surface area contributed by atoms with Crippen LogP contribution in [0, 0.1) is 6.92 Å². The minimum atomic E-state index is -4.63. The zero-order valence-electron chi connectivity index (χ0n) is 11.7. The van der Waals surface area contributed by atoms with Gasteiger partial charge in [-0.15, -0.1) is 0 Å². The number of hydrogen-bond acceptors (Lipinski definition) is 3. The van der Waals surface area contributed by atoms with Crippen LogP contribution in [0.1, 0.15) is 11.3 Å². The van der Waals surface area contributed by atoms with E-state index in [0.717, 1.165) is 16.8 Å². The molecule has 0 aliphatic carbocycles. The monoisotopic (exact) mass is 387 g/mol. The quantitative estimate of drug-likeness (QED) is 0.869. The van der Waals surface area contributed by atoms with E-state index in [0.29, 0.717) is 6.07 Å². The first-order chi connectivity index (χ1) is 10.4. The van der Waals surface area contributed by atoms with E-state index >= 15 is 0 Å². The lowest BCUT2D eigenvalue weighted by Gasteiger charge is -2.12. The molecule has 23 heavy (non-hydrogen) atoms. The standard InChI is InChI=1S/C12H10Cl2F3N3O2S/c1-6-10(11(14)20(2)18-6)23(21,22)19-9-5-7(12(15,16)17)3-4-8(9)13/h3-5,19H,1-2H3. The zero-order valence-corrected chi connectivity index (χ0v) is 14.1. The second-order valence-corrected chi connectivity index (χ2v) is 7.01. The molecule has 1 aromatic heterocycles. The van der Waals surface area contributed by atoms with Gasteiger partial charge in [0.1, 0.15) is 10.0 Å². The Morgan fingerprint density at radius 1 is 1.26 bits per heavy atom. The van der Waals surface area contributed by atoms with Gasteiger partial charge in [-0.05, 0) is 25.1 Å². The van der Waals surface area contributed by atoms with Gasteiger partial charge in [-0.1, -0.05) is 23.2 Å². The largest absolute Gasteiger partial charge is 0.416 e. The highest BCUT2D eigenvalue weighted by molar-refractivity contribution is 7.92. The molecule has 1 aromatic carbocycles. The molecule has 0 atom stereocenters. The average molecular weight is 388 g/mol. The Bertz CT molecular complexity index is 863. The second kappa shape index (κ2) is 5.88. The number of hydrogen-bond donors (Lipinski definition) is 1. The third kappa shape index (κ3) is 3.56. The Hall–Kier alpha value is -1.45. The first kappa shape index (κ1) is 17.9. The van der Waals surface area contributed by atoms with Gasteiger partial charge in [-0.25, -0.2) is 8.42 Å². The van der Waals surface area contributed by atoms with E-state index in [4.69, 9.17) is 23.2 Å². The lowest BCUT2D eigenvalue weighted by atomic mass is 10.2. The number of alkyl halides is 3. The summed E-state index contributed by atoms with van der Waals surface area (Å²) in [6.45, 7) is 1.41. The molecule has 0 aliphatic rings. The summed E-state index contributed by atoms with van der Waals surface area (Å²) in [5.74, 6) is 0. The van der Waals surface area contributed by atoms with Gasteiger partial charge in [0, 0.05) is 7.05 Å². The number of aryl methyl sites for hydroxylation is 2. The number of nitrogens with zero attached hydrogens (tertiary/aromatic N) is 2. The van der Waals surface area contributed by atoms with Crippen molar-refractivity contribution in [3.63, 3.8) is 0 Å².